The van der Waals surface area contributed by atoms with Crippen molar-refractivity contribution >= 4 is 0 Å². The fraction of sp³-hybridized carbons (Fsp3) is 0.583. The van der Waals surface area contributed by atoms with Gasteiger partial charge in [-0.15, -0.1) is 0 Å². The molecule has 3 nitrogen and oxygen atoms in total. The van der Waals surface area contributed by atoms with Crippen molar-refractivity contribution in [3.63, 3.8) is 0 Å². The molecule has 1 aromatic rings. The van der Waals surface area contributed by atoms with Crippen molar-refractivity contribution in [2.75, 3.05) is 13.2 Å². The summed E-state index contributed by atoms with van der Waals surface area (Å²) in [5.74, 6) is 0.653. The van der Waals surface area contributed by atoms with Gasteiger partial charge in [-0.3, -0.25) is 4.79 Å². The Morgan fingerprint density at radius 3 is 2.60 bits per heavy atom. The van der Waals surface area contributed by atoms with Crippen LogP contribution in [0, 0.1) is 6.92 Å². The van der Waals surface area contributed by atoms with E-state index < -0.39 is 0 Å². The van der Waals surface area contributed by atoms with Crippen LogP contribution in [0.1, 0.15) is 42.5 Å². The molecule has 82 valence electrons. The molecule has 1 saturated heterocycles. The Kier molecular flexibility index (Phi) is 2.65. The topological polar surface area (TPSA) is 42.1 Å². The number of hydrogen-bond acceptors (Lipinski definition) is 2. The summed E-state index contributed by atoms with van der Waals surface area (Å²) < 4.78 is 5.17. The first-order chi connectivity index (χ1) is 7.11. The average Bonchev–Trinajstić information content (AvgIpc) is 2.08. The van der Waals surface area contributed by atoms with Crippen LogP contribution in [0.5, 0.6) is 0 Å². The van der Waals surface area contributed by atoms with Crippen molar-refractivity contribution in [3.05, 3.63) is 33.2 Å². The van der Waals surface area contributed by atoms with E-state index in [-0.39, 0.29) is 11.3 Å². The van der Waals surface area contributed by atoms with Gasteiger partial charge in [0.1, 0.15) is 0 Å². The maximum absolute atomic E-state index is 12.0. The first-order valence-electron chi connectivity index (χ1n) is 5.41. The first-order valence-corrected chi connectivity index (χ1v) is 5.41. The predicted molar refractivity (Wildman–Crippen MR) is 59.4 cm³/mol. The summed E-state index contributed by atoms with van der Waals surface area (Å²) >= 11 is 0. The van der Waals surface area contributed by atoms with E-state index >= 15 is 0 Å². The molecule has 0 unspecified atom stereocenters. The van der Waals surface area contributed by atoms with Crippen molar-refractivity contribution < 1.29 is 4.74 Å². The number of H-pyrrole nitrogens is 1. The number of nitrogens with one attached hydrogen (secondary N) is 1. The van der Waals surface area contributed by atoms with Crippen LogP contribution in [0.4, 0.5) is 0 Å². The molecule has 1 N–H and O–H groups in total. The number of rotatable bonds is 2. The number of aryl methyl sites for hydroxylation is 1. The van der Waals surface area contributed by atoms with Crippen LogP contribution in [-0.4, -0.2) is 18.2 Å². The predicted octanol–water partition coefficient (Wildman–Crippen LogP) is 1.92. The van der Waals surface area contributed by atoms with Gasteiger partial charge < -0.3 is 9.72 Å². The Labute approximate surface area is 89.5 Å². The van der Waals surface area contributed by atoms with E-state index in [0.717, 1.165) is 30.0 Å². The van der Waals surface area contributed by atoms with E-state index in [1.165, 1.54) is 0 Å². The van der Waals surface area contributed by atoms with Gasteiger partial charge >= 0.3 is 0 Å². The molecular formula is C12H17NO2. The molecule has 1 aromatic heterocycles. The quantitative estimate of drug-likeness (QED) is 0.805. The van der Waals surface area contributed by atoms with Crippen LogP contribution >= 0.6 is 0 Å². The van der Waals surface area contributed by atoms with E-state index in [2.05, 4.69) is 18.8 Å². The molecule has 15 heavy (non-hydrogen) atoms. The van der Waals surface area contributed by atoms with Crippen molar-refractivity contribution in [2.45, 2.75) is 32.6 Å². The zero-order chi connectivity index (χ0) is 11.0. The summed E-state index contributed by atoms with van der Waals surface area (Å²) in [6, 6.07) is 0. The number of ether oxygens (including phenoxy) is 1. The van der Waals surface area contributed by atoms with Crippen molar-refractivity contribution in [1.29, 1.82) is 0 Å². The molecule has 0 radical (unpaired) electrons. The molecule has 2 heterocycles. The molecule has 0 spiro atoms. The molecule has 3 heteroatoms. The standard InChI is InChI=1S/C12H17NO2/c1-7(2)10-11(9-5-15-6-9)13-4-8(3)12(10)14/h4,7,9H,5-6H2,1-3H3,(H,13,14). The molecule has 0 amide bonds. The molecule has 0 aliphatic carbocycles. The fourth-order valence-corrected chi connectivity index (χ4v) is 1.98. The first kappa shape index (κ1) is 10.4. The van der Waals surface area contributed by atoms with E-state index in [0.29, 0.717) is 5.92 Å². The molecule has 0 atom stereocenters. The van der Waals surface area contributed by atoms with Gasteiger partial charge in [-0.2, -0.15) is 0 Å². The van der Waals surface area contributed by atoms with Crippen LogP contribution in [0.2, 0.25) is 0 Å². The van der Waals surface area contributed by atoms with Crippen LogP contribution in [-0.2, 0) is 4.74 Å². The summed E-state index contributed by atoms with van der Waals surface area (Å²) in [5.41, 5.74) is 2.99. The Morgan fingerprint density at radius 1 is 1.47 bits per heavy atom. The fourth-order valence-electron chi connectivity index (χ4n) is 1.98. The molecule has 2 rings (SSSR count). The van der Waals surface area contributed by atoms with Crippen LogP contribution in [0.3, 0.4) is 0 Å². The molecule has 0 bridgehead atoms. The third-order valence-electron chi connectivity index (χ3n) is 2.96. The van der Waals surface area contributed by atoms with Crippen molar-refractivity contribution in [2.24, 2.45) is 0 Å². The zero-order valence-corrected chi connectivity index (χ0v) is 9.46. The van der Waals surface area contributed by atoms with Crippen LogP contribution in [0.15, 0.2) is 11.0 Å². The highest BCUT2D eigenvalue weighted by atomic mass is 16.5. The highest BCUT2D eigenvalue weighted by molar-refractivity contribution is 5.31. The van der Waals surface area contributed by atoms with Crippen molar-refractivity contribution in [1.82, 2.24) is 4.98 Å². The number of pyridine rings is 1. The molecule has 1 aliphatic rings. The SMILES string of the molecule is Cc1c[nH]c(C2COC2)c(C(C)C)c1=O. The summed E-state index contributed by atoms with van der Waals surface area (Å²) in [7, 11) is 0. The van der Waals surface area contributed by atoms with Crippen LogP contribution < -0.4 is 5.43 Å². The molecule has 1 aliphatic heterocycles. The van der Waals surface area contributed by atoms with E-state index in [9.17, 15) is 4.79 Å². The number of hydrogen-bond donors (Lipinski definition) is 1. The average molecular weight is 207 g/mol. The highest BCUT2D eigenvalue weighted by Gasteiger charge is 2.26. The zero-order valence-electron chi connectivity index (χ0n) is 9.46. The molecule has 1 fully saturated rings. The van der Waals surface area contributed by atoms with Gasteiger partial charge in [0.25, 0.3) is 0 Å². The minimum Gasteiger partial charge on any atom is -0.380 e. The maximum atomic E-state index is 12.0. The lowest BCUT2D eigenvalue weighted by atomic mass is 9.91. The second-order valence-electron chi connectivity index (χ2n) is 4.52. The monoisotopic (exact) mass is 207 g/mol. The molecule has 0 aromatic carbocycles. The lowest BCUT2D eigenvalue weighted by molar-refractivity contribution is 0.00619. The van der Waals surface area contributed by atoms with E-state index in [4.69, 9.17) is 4.74 Å². The summed E-state index contributed by atoms with van der Waals surface area (Å²) in [6.45, 7) is 7.45. The van der Waals surface area contributed by atoms with Crippen molar-refractivity contribution in [3.8, 4) is 0 Å². The summed E-state index contributed by atoms with van der Waals surface area (Å²) in [6.07, 6.45) is 1.81. The minimum absolute atomic E-state index is 0.186. The third-order valence-corrected chi connectivity index (χ3v) is 2.96. The summed E-state index contributed by atoms with van der Waals surface area (Å²) in [4.78, 5) is 15.3. The summed E-state index contributed by atoms with van der Waals surface area (Å²) in [5, 5.41) is 0. The Morgan fingerprint density at radius 2 is 2.13 bits per heavy atom. The van der Waals surface area contributed by atoms with Gasteiger partial charge in [-0.1, -0.05) is 13.8 Å². The highest BCUT2D eigenvalue weighted by Crippen LogP contribution is 2.27. The lowest BCUT2D eigenvalue weighted by Gasteiger charge is -2.28. The number of aromatic amines is 1. The van der Waals surface area contributed by atoms with Gasteiger partial charge in [0.15, 0.2) is 5.43 Å². The molecule has 0 saturated carbocycles. The van der Waals surface area contributed by atoms with Gasteiger partial charge in [0.2, 0.25) is 0 Å². The third kappa shape index (κ3) is 1.72. The van der Waals surface area contributed by atoms with E-state index in [1.807, 2.05) is 13.1 Å². The minimum atomic E-state index is 0.186. The second kappa shape index (κ2) is 3.81. The van der Waals surface area contributed by atoms with Gasteiger partial charge in [-0.05, 0) is 12.8 Å². The Bertz CT molecular complexity index is 416. The second-order valence-corrected chi connectivity index (χ2v) is 4.52. The van der Waals surface area contributed by atoms with Crippen LogP contribution in [0.25, 0.3) is 0 Å². The lowest BCUT2D eigenvalue weighted by Crippen LogP contribution is -2.30. The van der Waals surface area contributed by atoms with E-state index in [1.54, 1.807) is 0 Å². The van der Waals surface area contributed by atoms with Gasteiger partial charge in [0, 0.05) is 28.9 Å². The van der Waals surface area contributed by atoms with Gasteiger partial charge in [0.05, 0.1) is 13.2 Å². The smallest absolute Gasteiger partial charge is 0.188 e. The largest absolute Gasteiger partial charge is 0.380 e. The molecular weight excluding hydrogens is 190 g/mol. The van der Waals surface area contributed by atoms with Gasteiger partial charge in [-0.25, -0.2) is 0 Å². The Hall–Kier alpha value is -1.09. The Balaban J connectivity index is 2.53. The number of aromatic nitrogens is 1. The maximum Gasteiger partial charge on any atom is 0.188 e. The normalized spacial score (nSPS) is 16.8.